The van der Waals surface area contributed by atoms with Crippen molar-refractivity contribution in [2.24, 2.45) is 0 Å². The molecule has 1 saturated heterocycles. The van der Waals surface area contributed by atoms with E-state index in [0.29, 0.717) is 6.04 Å². The zero-order chi connectivity index (χ0) is 16.1. The lowest BCUT2D eigenvalue weighted by Gasteiger charge is -2.36. The van der Waals surface area contributed by atoms with Crippen LogP contribution in [0.2, 0.25) is 0 Å². The average Bonchev–Trinajstić information content (AvgIpc) is 2.63. The van der Waals surface area contributed by atoms with Crippen molar-refractivity contribution in [1.29, 1.82) is 0 Å². The molecule has 2 aromatic rings. The number of aromatic nitrogens is 1. The number of hydrogen-bond donors (Lipinski definition) is 0. The fourth-order valence-electron chi connectivity index (χ4n) is 3.36. The molecule has 1 fully saturated rings. The Bertz CT molecular complexity index is 631. The third-order valence-corrected chi connectivity index (χ3v) is 4.54. The molecule has 4 nitrogen and oxygen atoms in total. The van der Waals surface area contributed by atoms with Crippen molar-refractivity contribution in [2.45, 2.75) is 31.8 Å². The second kappa shape index (κ2) is 7.47. The highest BCUT2D eigenvalue weighted by atomic mass is 16.5. The minimum absolute atomic E-state index is 0.424. The van der Waals surface area contributed by atoms with Crippen LogP contribution in [0.5, 0.6) is 11.5 Å². The minimum atomic E-state index is 0.424. The van der Waals surface area contributed by atoms with Gasteiger partial charge in [0.25, 0.3) is 0 Å². The van der Waals surface area contributed by atoms with Crippen LogP contribution in [0.3, 0.4) is 0 Å². The SMILES string of the molecule is COc1ccc(OC)c(CN2CCCC[C@@H]2c2cccnc2)c1. The maximum atomic E-state index is 5.53. The largest absolute Gasteiger partial charge is 0.497 e. The van der Waals surface area contributed by atoms with Crippen LogP contribution in [0.4, 0.5) is 0 Å². The first-order valence-electron chi connectivity index (χ1n) is 8.16. The van der Waals surface area contributed by atoms with E-state index in [2.05, 4.69) is 22.0 Å². The quantitative estimate of drug-likeness (QED) is 0.840. The zero-order valence-electron chi connectivity index (χ0n) is 13.9. The monoisotopic (exact) mass is 312 g/mol. The molecule has 0 aliphatic carbocycles. The van der Waals surface area contributed by atoms with Gasteiger partial charge in [0.1, 0.15) is 11.5 Å². The van der Waals surface area contributed by atoms with Crippen molar-refractivity contribution in [1.82, 2.24) is 9.88 Å². The molecular formula is C19H24N2O2. The second-order valence-electron chi connectivity index (χ2n) is 5.95. The highest BCUT2D eigenvalue weighted by molar-refractivity contribution is 5.40. The second-order valence-corrected chi connectivity index (χ2v) is 5.95. The van der Waals surface area contributed by atoms with Gasteiger partial charge in [-0.3, -0.25) is 9.88 Å². The number of ether oxygens (including phenoxy) is 2. The summed E-state index contributed by atoms with van der Waals surface area (Å²) in [6.45, 7) is 1.96. The standard InChI is InChI=1S/C19H24N2O2/c1-22-17-8-9-19(23-2)16(12-17)14-21-11-4-3-7-18(21)15-6-5-10-20-13-15/h5-6,8-10,12-13,18H,3-4,7,11,14H2,1-2H3/t18-/m1/s1. The molecule has 1 aliphatic rings. The van der Waals surface area contributed by atoms with Gasteiger partial charge < -0.3 is 9.47 Å². The van der Waals surface area contributed by atoms with Crippen molar-refractivity contribution in [2.75, 3.05) is 20.8 Å². The van der Waals surface area contributed by atoms with Crippen LogP contribution in [0.1, 0.15) is 36.4 Å². The first-order chi connectivity index (χ1) is 11.3. The van der Waals surface area contributed by atoms with Crippen LogP contribution in [-0.2, 0) is 6.54 Å². The van der Waals surface area contributed by atoms with E-state index in [4.69, 9.17) is 9.47 Å². The van der Waals surface area contributed by atoms with E-state index in [9.17, 15) is 0 Å². The molecule has 4 heteroatoms. The molecule has 0 N–H and O–H groups in total. The number of methoxy groups -OCH3 is 2. The molecule has 1 aromatic heterocycles. The molecule has 0 saturated carbocycles. The molecule has 0 spiro atoms. The Morgan fingerprint density at radius 2 is 2.09 bits per heavy atom. The molecule has 122 valence electrons. The lowest BCUT2D eigenvalue weighted by Crippen LogP contribution is -2.33. The van der Waals surface area contributed by atoms with E-state index in [1.807, 2.05) is 30.6 Å². The van der Waals surface area contributed by atoms with Crippen LogP contribution in [0.25, 0.3) is 0 Å². The molecule has 2 heterocycles. The van der Waals surface area contributed by atoms with E-state index in [1.165, 1.54) is 30.4 Å². The number of rotatable bonds is 5. The maximum Gasteiger partial charge on any atom is 0.123 e. The Balaban J connectivity index is 1.85. The number of likely N-dealkylation sites (tertiary alicyclic amines) is 1. The highest BCUT2D eigenvalue weighted by Crippen LogP contribution is 2.34. The fourth-order valence-corrected chi connectivity index (χ4v) is 3.36. The molecule has 3 rings (SSSR count). The Hall–Kier alpha value is -2.07. The Morgan fingerprint density at radius 3 is 2.83 bits per heavy atom. The number of benzene rings is 1. The number of hydrogen-bond acceptors (Lipinski definition) is 4. The van der Waals surface area contributed by atoms with E-state index in [-0.39, 0.29) is 0 Å². The van der Waals surface area contributed by atoms with Gasteiger partial charge in [0.15, 0.2) is 0 Å². The predicted octanol–water partition coefficient (Wildman–Crippen LogP) is 3.83. The van der Waals surface area contributed by atoms with Gasteiger partial charge in [-0.25, -0.2) is 0 Å². The zero-order valence-corrected chi connectivity index (χ0v) is 13.9. The van der Waals surface area contributed by atoms with Crippen LogP contribution in [-0.4, -0.2) is 30.6 Å². The van der Waals surface area contributed by atoms with Gasteiger partial charge in [-0.15, -0.1) is 0 Å². The maximum absolute atomic E-state index is 5.53. The van der Waals surface area contributed by atoms with Crippen molar-refractivity contribution < 1.29 is 9.47 Å². The molecule has 0 radical (unpaired) electrons. The third-order valence-electron chi connectivity index (χ3n) is 4.54. The molecule has 0 amide bonds. The first-order valence-corrected chi connectivity index (χ1v) is 8.16. The van der Waals surface area contributed by atoms with Crippen molar-refractivity contribution >= 4 is 0 Å². The summed E-state index contributed by atoms with van der Waals surface area (Å²) in [6.07, 6.45) is 7.51. The highest BCUT2D eigenvalue weighted by Gasteiger charge is 2.25. The van der Waals surface area contributed by atoms with E-state index in [1.54, 1.807) is 14.2 Å². The number of nitrogens with zero attached hydrogens (tertiary/aromatic N) is 2. The van der Waals surface area contributed by atoms with Crippen LogP contribution in [0, 0.1) is 0 Å². The van der Waals surface area contributed by atoms with Gasteiger partial charge >= 0.3 is 0 Å². The Kier molecular flexibility index (Phi) is 5.13. The van der Waals surface area contributed by atoms with Crippen LogP contribution < -0.4 is 9.47 Å². The Morgan fingerprint density at radius 1 is 1.17 bits per heavy atom. The molecule has 1 aromatic carbocycles. The van der Waals surface area contributed by atoms with Crippen molar-refractivity contribution in [3.63, 3.8) is 0 Å². The van der Waals surface area contributed by atoms with E-state index < -0.39 is 0 Å². The first kappa shape index (κ1) is 15.8. The third kappa shape index (κ3) is 3.64. The number of pyridine rings is 1. The lowest BCUT2D eigenvalue weighted by molar-refractivity contribution is 0.138. The number of piperidine rings is 1. The van der Waals surface area contributed by atoms with E-state index in [0.717, 1.165) is 24.6 Å². The van der Waals surface area contributed by atoms with Gasteiger partial charge in [-0.1, -0.05) is 12.5 Å². The predicted molar refractivity (Wildman–Crippen MR) is 90.8 cm³/mol. The summed E-state index contributed by atoms with van der Waals surface area (Å²) in [5.41, 5.74) is 2.47. The summed E-state index contributed by atoms with van der Waals surface area (Å²) < 4.78 is 10.9. The van der Waals surface area contributed by atoms with Crippen molar-refractivity contribution in [3.05, 3.63) is 53.9 Å². The van der Waals surface area contributed by atoms with Crippen molar-refractivity contribution in [3.8, 4) is 11.5 Å². The average molecular weight is 312 g/mol. The minimum Gasteiger partial charge on any atom is -0.497 e. The van der Waals surface area contributed by atoms with Gasteiger partial charge in [-0.2, -0.15) is 0 Å². The fraction of sp³-hybridized carbons (Fsp3) is 0.421. The molecule has 1 atom stereocenters. The van der Waals surface area contributed by atoms with Gasteiger partial charge in [-0.05, 0) is 49.2 Å². The Labute approximate surface area is 138 Å². The summed E-state index contributed by atoms with van der Waals surface area (Å²) in [7, 11) is 3.42. The molecule has 23 heavy (non-hydrogen) atoms. The summed E-state index contributed by atoms with van der Waals surface area (Å²) in [5.74, 6) is 1.79. The van der Waals surface area contributed by atoms with Gasteiger partial charge in [0.05, 0.1) is 14.2 Å². The topological polar surface area (TPSA) is 34.6 Å². The van der Waals surface area contributed by atoms with Crippen LogP contribution in [0.15, 0.2) is 42.7 Å². The smallest absolute Gasteiger partial charge is 0.123 e. The molecule has 0 unspecified atom stereocenters. The van der Waals surface area contributed by atoms with Gasteiger partial charge in [0, 0.05) is 30.5 Å². The normalized spacial score (nSPS) is 18.6. The summed E-state index contributed by atoms with van der Waals surface area (Å²) in [6, 6.07) is 10.6. The summed E-state index contributed by atoms with van der Waals surface area (Å²) in [5, 5.41) is 0. The molecule has 1 aliphatic heterocycles. The van der Waals surface area contributed by atoms with Gasteiger partial charge in [0.2, 0.25) is 0 Å². The summed E-state index contributed by atoms with van der Waals surface area (Å²) >= 11 is 0. The summed E-state index contributed by atoms with van der Waals surface area (Å²) in [4.78, 5) is 6.82. The van der Waals surface area contributed by atoms with Crippen LogP contribution >= 0.6 is 0 Å². The lowest BCUT2D eigenvalue weighted by atomic mass is 9.95. The molecule has 0 bridgehead atoms. The molecular weight excluding hydrogens is 288 g/mol. The van der Waals surface area contributed by atoms with E-state index >= 15 is 0 Å².